The van der Waals surface area contributed by atoms with Gasteiger partial charge in [-0.15, -0.1) is 0 Å². The second-order valence-corrected chi connectivity index (χ2v) is 6.51. The summed E-state index contributed by atoms with van der Waals surface area (Å²) in [6.45, 7) is 0.408. The second kappa shape index (κ2) is 8.09. The van der Waals surface area contributed by atoms with Crippen molar-refractivity contribution in [2.24, 2.45) is 0 Å². The van der Waals surface area contributed by atoms with E-state index in [2.05, 4.69) is 10.6 Å². The number of anilines is 1. The molecule has 0 aliphatic carbocycles. The van der Waals surface area contributed by atoms with Crippen LogP contribution in [0.3, 0.4) is 0 Å². The van der Waals surface area contributed by atoms with Gasteiger partial charge >= 0.3 is 0 Å². The molecule has 0 saturated carbocycles. The van der Waals surface area contributed by atoms with Crippen LogP contribution in [-0.4, -0.2) is 51.1 Å². The van der Waals surface area contributed by atoms with E-state index in [1.54, 1.807) is 25.3 Å². The van der Waals surface area contributed by atoms with Gasteiger partial charge in [-0.1, -0.05) is 12.1 Å². The standard InChI is InChI=1S/C20H23N3O4/c1-23(2)17(13-4-7-15(26-3)8-5-13)11-21-20(25)14-6-9-16-18(10-14)27-12-19(24)22-16/h4-10,17H,11-12H2,1-3H3,(H,21,25)(H,22,24)/t17-/m1/s1. The summed E-state index contributed by atoms with van der Waals surface area (Å²) in [7, 11) is 5.57. The number of likely N-dealkylation sites (N-methyl/N-ethyl adjacent to an activating group) is 1. The summed E-state index contributed by atoms with van der Waals surface area (Å²) in [5.74, 6) is 0.898. The number of fused-ring (bicyclic) bond motifs is 1. The molecule has 27 heavy (non-hydrogen) atoms. The average Bonchev–Trinajstić information content (AvgIpc) is 2.67. The van der Waals surface area contributed by atoms with Crippen LogP contribution in [0.25, 0.3) is 0 Å². The van der Waals surface area contributed by atoms with E-state index in [-0.39, 0.29) is 24.5 Å². The number of benzene rings is 2. The van der Waals surface area contributed by atoms with Gasteiger partial charge < -0.3 is 25.0 Å². The summed E-state index contributed by atoms with van der Waals surface area (Å²) in [4.78, 5) is 25.9. The molecule has 7 heteroatoms. The highest BCUT2D eigenvalue weighted by atomic mass is 16.5. The zero-order valence-corrected chi connectivity index (χ0v) is 15.6. The molecule has 0 radical (unpaired) electrons. The number of nitrogens with zero attached hydrogens (tertiary/aromatic N) is 1. The van der Waals surface area contributed by atoms with E-state index >= 15 is 0 Å². The normalized spacial score (nSPS) is 14.0. The first kappa shape index (κ1) is 18.7. The Morgan fingerprint density at radius 2 is 2.00 bits per heavy atom. The number of methoxy groups -OCH3 is 1. The zero-order valence-electron chi connectivity index (χ0n) is 15.6. The third kappa shape index (κ3) is 4.38. The van der Waals surface area contributed by atoms with Gasteiger partial charge in [-0.3, -0.25) is 9.59 Å². The van der Waals surface area contributed by atoms with Crippen LogP contribution in [0.4, 0.5) is 5.69 Å². The van der Waals surface area contributed by atoms with E-state index in [1.807, 2.05) is 43.3 Å². The summed E-state index contributed by atoms with van der Waals surface area (Å²) in [6.07, 6.45) is 0. The molecule has 0 bridgehead atoms. The van der Waals surface area contributed by atoms with Crippen molar-refractivity contribution in [3.05, 3.63) is 53.6 Å². The number of amides is 2. The predicted octanol–water partition coefficient (Wildman–Crippen LogP) is 2.06. The molecule has 1 aliphatic rings. The van der Waals surface area contributed by atoms with Crippen LogP contribution in [0.15, 0.2) is 42.5 Å². The third-order valence-electron chi connectivity index (χ3n) is 4.46. The van der Waals surface area contributed by atoms with Gasteiger partial charge in [0.1, 0.15) is 11.5 Å². The number of carbonyl (C=O) groups is 2. The van der Waals surface area contributed by atoms with Crippen LogP contribution in [0, 0.1) is 0 Å². The topological polar surface area (TPSA) is 79.9 Å². The Kier molecular flexibility index (Phi) is 5.61. The molecule has 0 unspecified atom stereocenters. The van der Waals surface area contributed by atoms with Gasteiger partial charge in [0.25, 0.3) is 11.8 Å². The fourth-order valence-electron chi connectivity index (χ4n) is 2.93. The molecule has 142 valence electrons. The summed E-state index contributed by atoms with van der Waals surface area (Å²) < 4.78 is 10.6. The first-order valence-electron chi connectivity index (χ1n) is 8.63. The van der Waals surface area contributed by atoms with Crippen molar-refractivity contribution in [3.63, 3.8) is 0 Å². The van der Waals surface area contributed by atoms with Gasteiger partial charge in [0, 0.05) is 12.1 Å². The minimum absolute atomic E-state index is 0.0213. The largest absolute Gasteiger partial charge is 0.497 e. The number of hydrogen-bond donors (Lipinski definition) is 2. The first-order valence-corrected chi connectivity index (χ1v) is 8.63. The highest BCUT2D eigenvalue weighted by Crippen LogP contribution is 2.28. The van der Waals surface area contributed by atoms with Crippen molar-refractivity contribution in [1.82, 2.24) is 10.2 Å². The van der Waals surface area contributed by atoms with Gasteiger partial charge in [-0.25, -0.2) is 0 Å². The maximum Gasteiger partial charge on any atom is 0.262 e. The Morgan fingerprint density at radius 1 is 1.26 bits per heavy atom. The highest BCUT2D eigenvalue weighted by Gasteiger charge is 2.19. The molecule has 2 aromatic rings. The lowest BCUT2D eigenvalue weighted by molar-refractivity contribution is -0.118. The van der Waals surface area contributed by atoms with Crippen molar-refractivity contribution in [1.29, 1.82) is 0 Å². The Labute approximate surface area is 158 Å². The molecule has 1 heterocycles. The molecular formula is C20H23N3O4. The van der Waals surface area contributed by atoms with Crippen LogP contribution < -0.4 is 20.1 Å². The maximum absolute atomic E-state index is 12.6. The van der Waals surface area contributed by atoms with Crippen LogP contribution in [0.1, 0.15) is 22.0 Å². The quantitative estimate of drug-likeness (QED) is 0.815. The Bertz CT molecular complexity index is 834. The maximum atomic E-state index is 12.6. The van der Waals surface area contributed by atoms with E-state index in [0.717, 1.165) is 11.3 Å². The molecular weight excluding hydrogens is 346 g/mol. The number of nitrogens with one attached hydrogen (secondary N) is 2. The monoisotopic (exact) mass is 369 g/mol. The molecule has 0 fully saturated rings. The van der Waals surface area contributed by atoms with Crippen molar-refractivity contribution in [2.45, 2.75) is 6.04 Å². The molecule has 7 nitrogen and oxygen atoms in total. The Morgan fingerprint density at radius 3 is 2.67 bits per heavy atom. The van der Waals surface area contributed by atoms with Crippen LogP contribution in [0.2, 0.25) is 0 Å². The fraction of sp³-hybridized carbons (Fsp3) is 0.300. The van der Waals surface area contributed by atoms with Crippen LogP contribution >= 0.6 is 0 Å². The van der Waals surface area contributed by atoms with E-state index < -0.39 is 0 Å². The average molecular weight is 369 g/mol. The molecule has 2 N–H and O–H groups in total. The summed E-state index contributed by atoms with van der Waals surface area (Å²) in [5.41, 5.74) is 2.14. The third-order valence-corrected chi connectivity index (χ3v) is 4.46. The smallest absolute Gasteiger partial charge is 0.262 e. The number of ether oxygens (including phenoxy) is 2. The second-order valence-electron chi connectivity index (χ2n) is 6.51. The van der Waals surface area contributed by atoms with Gasteiger partial charge in [-0.05, 0) is 50.0 Å². The lowest BCUT2D eigenvalue weighted by atomic mass is 10.1. The van der Waals surface area contributed by atoms with Gasteiger partial charge in [0.15, 0.2) is 6.61 Å². The SMILES string of the molecule is COc1ccc([C@@H](CNC(=O)c2ccc3c(c2)OCC(=O)N3)N(C)C)cc1. The number of hydrogen-bond acceptors (Lipinski definition) is 5. The number of rotatable bonds is 6. The molecule has 1 atom stereocenters. The minimum atomic E-state index is -0.201. The molecule has 0 saturated heterocycles. The van der Waals surface area contributed by atoms with E-state index in [4.69, 9.17) is 9.47 Å². The van der Waals surface area contributed by atoms with Crippen LogP contribution in [-0.2, 0) is 4.79 Å². The van der Waals surface area contributed by atoms with Gasteiger partial charge in [0.2, 0.25) is 0 Å². The Balaban J connectivity index is 1.68. The first-order chi connectivity index (χ1) is 13.0. The fourth-order valence-corrected chi connectivity index (χ4v) is 2.93. The number of carbonyl (C=O) groups excluding carboxylic acids is 2. The zero-order chi connectivity index (χ0) is 19.4. The highest BCUT2D eigenvalue weighted by molar-refractivity contribution is 5.99. The lowest BCUT2D eigenvalue weighted by Gasteiger charge is -2.25. The van der Waals surface area contributed by atoms with Crippen molar-refractivity contribution >= 4 is 17.5 Å². The van der Waals surface area contributed by atoms with Crippen molar-refractivity contribution in [3.8, 4) is 11.5 Å². The van der Waals surface area contributed by atoms with Crippen molar-refractivity contribution < 1.29 is 19.1 Å². The lowest BCUT2D eigenvalue weighted by Crippen LogP contribution is -2.34. The predicted molar refractivity (Wildman–Crippen MR) is 102 cm³/mol. The van der Waals surface area contributed by atoms with Gasteiger partial charge in [0.05, 0.1) is 18.8 Å². The summed E-state index contributed by atoms with van der Waals surface area (Å²) >= 11 is 0. The molecule has 3 rings (SSSR count). The molecule has 0 aromatic heterocycles. The van der Waals surface area contributed by atoms with Gasteiger partial charge in [-0.2, -0.15) is 0 Å². The summed E-state index contributed by atoms with van der Waals surface area (Å²) in [5, 5.41) is 5.68. The molecule has 2 aromatic carbocycles. The minimum Gasteiger partial charge on any atom is -0.497 e. The van der Waals surface area contributed by atoms with Crippen molar-refractivity contribution in [2.75, 3.05) is 39.7 Å². The Hall–Kier alpha value is -3.06. The molecule has 0 spiro atoms. The van der Waals surface area contributed by atoms with E-state index in [9.17, 15) is 9.59 Å². The van der Waals surface area contributed by atoms with E-state index in [1.165, 1.54) is 0 Å². The molecule has 2 amide bonds. The summed E-state index contributed by atoms with van der Waals surface area (Å²) in [6, 6.07) is 12.8. The molecule has 1 aliphatic heterocycles. The van der Waals surface area contributed by atoms with Crippen LogP contribution in [0.5, 0.6) is 11.5 Å². The van der Waals surface area contributed by atoms with E-state index in [0.29, 0.717) is 23.5 Å².